The van der Waals surface area contributed by atoms with Crippen LogP contribution in [0.25, 0.3) is 11.4 Å². The number of carbonyl (C=O) groups is 1. The second-order valence-corrected chi connectivity index (χ2v) is 7.65. The van der Waals surface area contributed by atoms with Gasteiger partial charge in [0.15, 0.2) is 0 Å². The van der Waals surface area contributed by atoms with Crippen molar-refractivity contribution in [2.45, 2.75) is 32.6 Å². The molecule has 0 bridgehead atoms. The van der Waals surface area contributed by atoms with E-state index in [-0.39, 0.29) is 11.5 Å². The zero-order valence-corrected chi connectivity index (χ0v) is 16.7. The molecular formula is C22H25N5O2. The molecule has 2 aromatic heterocycles. The third kappa shape index (κ3) is 4.13. The lowest BCUT2D eigenvalue weighted by atomic mass is 10.00. The highest BCUT2D eigenvalue weighted by Gasteiger charge is 2.22. The Kier molecular flexibility index (Phi) is 5.29. The van der Waals surface area contributed by atoms with Crippen LogP contribution in [0.3, 0.4) is 0 Å². The highest BCUT2D eigenvalue weighted by molar-refractivity contribution is 5.92. The number of rotatable bonds is 4. The summed E-state index contributed by atoms with van der Waals surface area (Å²) in [7, 11) is 1.77. The number of hydrogen-bond acceptors (Lipinski definition) is 4. The summed E-state index contributed by atoms with van der Waals surface area (Å²) in [6, 6.07) is 11.5. The van der Waals surface area contributed by atoms with E-state index in [0.717, 1.165) is 41.8 Å². The molecule has 1 aliphatic rings. The number of amides is 1. The van der Waals surface area contributed by atoms with Crippen molar-refractivity contribution >= 4 is 5.91 Å². The number of H-pyrrole nitrogens is 1. The largest absolute Gasteiger partial charge is 0.350 e. The average Bonchev–Trinajstić information content (AvgIpc) is 2.93. The first-order chi connectivity index (χ1) is 14.0. The second kappa shape index (κ2) is 8.03. The van der Waals surface area contributed by atoms with E-state index < -0.39 is 0 Å². The van der Waals surface area contributed by atoms with Gasteiger partial charge in [0, 0.05) is 24.7 Å². The van der Waals surface area contributed by atoms with Gasteiger partial charge in [0.05, 0.1) is 11.4 Å². The Labute approximate surface area is 169 Å². The SMILES string of the molecule is Cc1cc(C(=O)NCC2CCc3nc(-c4ccccc4)[nH]c(=O)c3CC2)n(C)n1. The van der Waals surface area contributed by atoms with Crippen molar-refractivity contribution in [1.29, 1.82) is 0 Å². The standard InChI is InChI=1S/C22H25N5O2/c1-14-12-19(27(2)26-14)22(29)23-13-15-8-10-17-18(11-9-15)24-20(25-21(17)28)16-6-4-3-5-7-16/h3-7,12,15H,8-11,13H2,1-2H3,(H,23,29)(H,24,25,28). The van der Waals surface area contributed by atoms with Crippen LogP contribution in [0.5, 0.6) is 0 Å². The molecule has 0 radical (unpaired) electrons. The number of fused-ring (bicyclic) bond motifs is 1. The summed E-state index contributed by atoms with van der Waals surface area (Å²) in [6.45, 7) is 2.45. The van der Waals surface area contributed by atoms with Crippen molar-refractivity contribution in [3.05, 3.63) is 69.4 Å². The van der Waals surface area contributed by atoms with Gasteiger partial charge >= 0.3 is 0 Å². The Morgan fingerprint density at radius 2 is 2.00 bits per heavy atom. The highest BCUT2D eigenvalue weighted by atomic mass is 16.2. The second-order valence-electron chi connectivity index (χ2n) is 7.65. The van der Waals surface area contributed by atoms with Crippen molar-refractivity contribution < 1.29 is 4.79 Å². The third-order valence-corrected chi connectivity index (χ3v) is 5.53. The van der Waals surface area contributed by atoms with Crippen LogP contribution >= 0.6 is 0 Å². The first-order valence-corrected chi connectivity index (χ1v) is 9.97. The van der Waals surface area contributed by atoms with E-state index in [1.165, 1.54) is 0 Å². The summed E-state index contributed by atoms with van der Waals surface area (Å²) >= 11 is 0. The Morgan fingerprint density at radius 1 is 1.24 bits per heavy atom. The van der Waals surface area contributed by atoms with Crippen molar-refractivity contribution in [3.63, 3.8) is 0 Å². The Bertz CT molecular complexity index is 1080. The smallest absolute Gasteiger partial charge is 0.269 e. The van der Waals surface area contributed by atoms with Crippen molar-refractivity contribution in [1.82, 2.24) is 25.1 Å². The maximum absolute atomic E-state index is 12.6. The molecule has 1 aliphatic carbocycles. The van der Waals surface area contributed by atoms with Crippen LogP contribution in [-0.4, -0.2) is 32.2 Å². The fraction of sp³-hybridized carbons (Fsp3) is 0.364. The number of benzene rings is 1. The molecule has 1 unspecified atom stereocenters. The zero-order chi connectivity index (χ0) is 20.4. The van der Waals surface area contributed by atoms with Gasteiger partial charge in [-0.05, 0) is 44.6 Å². The molecule has 0 saturated carbocycles. The summed E-state index contributed by atoms with van der Waals surface area (Å²) in [5.41, 5.74) is 3.90. The average molecular weight is 391 g/mol. The van der Waals surface area contributed by atoms with E-state index in [1.807, 2.05) is 37.3 Å². The summed E-state index contributed by atoms with van der Waals surface area (Å²) in [6.07, 6.45) is 3.16. The van der Waals surface area contributed by atoms with Crippen molar-refractivity contribution in [2.75, 3.05) is 6.54 Å². The molecule has 29 heavy (non-hydrogen) atoms. The number of aromatic nitrogens is 4. The normalized spacial score (nSPS) is 16.1. The molecule has 150 valence electrons. The first kappa shape index (κ1) is 19.1. The lowest BCUT2D eigenvalue weighted by Crippen LogP contribution is -2.31. The number of aromatic amines is 1. The van der Waals surface area contributed by atoms with Crippen molar-refractivity contribution in [3.8, 4) is 11.4 Å². The quantitative estimate of drug-likeness (QED) is 0.668. The molecule has 3 aromatic rings. The van der Waals surface area contributed by atoms with Gasteiger partial charge in [-0.2, -0.15) is 5.10 Å². The molecule has 1 aromatic carbocycles. The lowest BCUT2D eigenvalue weighted by Gasteiger charge is -2.14. The van der Waals surface area contributed by atoms with E-state index in [1.54, 1.807) is 17.8 Å². The number of aryl methyl sites for hydroxylation is 3. The van der Waals surface area contributed by atoms with Crippen LogP contribution in [-0.2, 0) is 19.9 Å². The van der Waals surface area contributed by atoms with E-state index in [2.05, 4.69) is 15.4 Å². The van der Waals surface area contributed by atoms with E-state index >= 15 is 0 Å². The molecule has 2 heterocycles. The minimum Gasteiger partial charge on any atom is -0.350 e. The van der Waals surface area contributed by atoms with Gasteiger partial charge in [-0.25, -0.2) is 4.98 Å². The van der Waals surface area contributed by atoms with E-state index in [4.69, 9.17) is 4.98 Å². The predicted octanol–water partition coefficient (Wildman–Crippen LogP) is 2.40. The highest BCUT2D eigenvalue weighted by Crippen LogP contribution is 2.23. The molecular weight excluding hydrogens is 366 g/mol. The number of carbonyl (C=O) groups excluding carboxylic acids is 1. The van der Waals surface area contributed by atoms with Crippen LogP contribution < -0.4 is 10.9 Å². The maximum atomic E-state index is 12.6. The number of hydrogen-bond donors (Lipinski definition) is 2. The summed E-state index contributed by atoms with van der Waals surface area (Å²) in [4.78, 5) is 32.7. The molecule has 0 saturated heterocycles. The van der Waals surface area contributed by atoms with Gasteiger partial charge in [-0.15, -0.1) is 0 Å². The Balaban J connectivity index is 1.44. The molecule has 1 amide bonds. The van der Waals surface area contributed by atoms with Gasteiger partial charge < -0.3 is 10.3 Å². The molecule has 1 atom stereocenters. The number of nitrogens with one attached hydrogen (secondary N) is 2. The van der Waals surface area contributed by atoms with Crippen molar-refractivity contribution in [2.24, 2.45) is 13.0 Å². The lowest BCUT2D eigenvalue weighted by molar-refractivity contribution is 0.0936. The molecule has 0 fully saturated rings. The topological polar surface area (TPSA) is 92.7 Å². The van der Waals surface area contributed by atoms with Crippen LogP contribution in [0.1, 0.15) is 40.3 Å². The van der Waals surface area contributed by atoms with Crippen LogP contribution in [0.2, 0.25) is 0 Å². The molecule has 7 heteroatoms. The monoisotopic (exact) mass is 391 g/mol. The molecule has 7 nitrogen and oxygen atoms in total. The molecule has 4 rings (SSSR count). The first-order valence-electron chi connectivity index (χ1n) is 9.97. The molecule has 2 N–H and O–H groups in total. The van der Waals surface area contributed by atoms with E-state index in [0.29, 0.717) is 30.4 Å². The summed E-state index contributed by atoms with van der Waals surface area (Å²) in [5, 5.41) is 7.24. The van der Waals surface area contributed by atoms with Gasteiger partial charge in [0.25, 0.3) is 11.5 Å². The maximum Gasteiger partial charge on any atom is 0.269 e. The van der Waals surface area contributed by atoms with Crippen LogP contribution in [0.15, 0.2) is 41.2 Å². The molecule has 0 spiro atoms. The van der Waals surface area contributed by atoms with Gasteiger partial charge in [0.1, 0.15) is 11.5 Å². The van der Waals surface area contributed by atoms with Gasteiger partial charge in [-0.1, -0.05) is 30.3 Å². The Morgan fingerprint density at radius 3 is 2.72 bits per heavy atom. The minimum atomic E-state index is -0.114. The fourth-order valence-electron chi connectivity index (χ4n) is 3.93. The number of nitrogens with zero attached hydrogens (tertiary/aromatic N) is 3. The summed E-state index contributed by atoms with van der Waals surface area (Å²) < 4.78 is 1.60. The van der Waals surface area contributed by atoms with Crippen LogP contribution in [0.4, 0.5) is 0 Å². The fourth-order valence-corrected chi connectivity index (χ4v) is 3.93. The van der Waals surface area contributed by atoms with Crippen LogP contribution in [0, 0.1) is 12.8 Å². The molecule has 0 aliphatic heterocycles. The Hall–Kier alpha value is -3.22. The predicted molar refractivity (Wildman–Crippen MR) is 111 cm³/mol. The minimum absolute atomic E-state index is 0.0519. The third-order valence-electron chi connectivity index (χ3n) is 5.53. The van der Waals surface area contributed by atoms with Gasteiger partial charge in [-0.3, -0.25) is 14.3 Å². The van der Waals surface area contributed by atoms with E-state index in [9.17, 15) is 9.59 Å². The van der Waals surface area contributed by atoms with Gasteiger partial charge in [0.2, 0.25) is 0 Å². The summed E-state index contributed by atoms with van der Waals surface area (Å²) in [5.74, 6) is 0.812. The zero-order valence-electron chi connectivity index (χ0n) is 16.7.